The first-order valence-electron chi connectivity index (χ1n) is 6.46. The van der Waals surface area contributed by atoms with E-state index in [1.807, 2.05) is 6.92 Å². The van der Waals surface area contributed by atoms with Gasteiger partial charge in [-0.2, -0.15) is 4.68 Å². The van der Waals surface area contributed by atoms with E-state index in [2.05, 4.69) is 50.6 Å². The van der Waals surface area contributed by atoms with Crippen molar-refractivity contribution in [3.63, 3.8) is 0 Å². The second-order valence-electron chi connectivity index (χ2n) is 5.07. The van der Waals surface area contributed by atoms with Crippen molar-refractivity contribution in [2.24, 2.45) is 5.92 Å². The van der Waals surface area contributed by atoms with Gasteiger partial charge in [0.25, 0.3) is 0 Å². The average Bonchev–Trinajstić information content (AvgIpc) is 2.88. The summed E-state index contributed by atoms with van der Waals surface area (Å²) >= 11 is 3.13. The largest absolute Gasteiger partial charge is 0.307 e. The van der Waals surface area contributed by atoms with Crippen molar-refractivity contribution < 1.29 is 4.39 Å². The molecule has 0 aliphatic carbocycles. The molecule has 0 saturated heterocycles. The molecule has 0 aliphatic heterocycles. The lowest BCUT2D eigenvalue weighted by Crippen LogP contribution is -2.25. The molecular formula is C13H17BrFN5. The minimum atomic E-state index is -0.341. The average molecular weight is 342 g/mol. The number of hydrogen-bond donors (Lipinski definition) is 1. The van der Waals surface area contributed by atoms with E-state index in [4.69, 9.17) is 0 Å². The van der Waals surface area contributed by atoms with E-state index in [9.17, 15) is 4.39 Å². The number of hydrogen-bond acceptors (Lipinski definition) is 4. The van der Waals surface area contributed by atoms with Crippen LogP contribution in [0.25, 0.3) is 5.69 Å². The Morgan fingerprint density at radius 1 is 1.35 bits per heavy atom. The van der Waals surface area contributed by atoms with Crippen molar-refractivity contribution >= 4 is 15.9 Å². The molecule has 20 heavy (non-hydrogen) atoms. The predicted molar refractivity (Wildman–Crippen MR) is 78.1 cm³/mol. The molecule has 1 N–H and O–H groups in total. The van der Waals surface area contributed by atoms with Gasteiger partial charge in [0.05, 0.1) is 16.2 Å². The fourth-order valence-corrected chi connectivity index (χ4v) is 2.02. The maximum Gasteiger partial charge on any atom is 0.173 e. The van der Waals surface area contributed by atoms with Crippen molar-refractivity contribution in [3.8, 4) is 5.69 Å². The molecule has 5 nitrogen and oxygen atoms in total. The molecule has 108 valence electrons. The summed E-state index contributed by atoms with van der Waals surface area (Å²) in [5, 5.41) is 15.0. The first-order valence-corrected chi connectivity index (χ1v) is 7.25. The third-order valence-corrected chi connectivity index (χ3v) is 3.50. The number of nitrogens with zero attached hydrogens (tertiary/aromatic N) is 4. The van der Waals surface area contributed by atoms with Crippen LogP contribution in [0, 0.1) is 11.7 Å². The van der Waals surface area contributed by atoms with Crippen LogP contribution in [-0.2, 0) is 0 Å². The second-order valence-corrected chi connectivity index (χ2v) is 5.93. The van der Waals surface area contributed by atoms with Gasteiger partial charge in [-0.15, -0.1) is 5.10 Å². The normalized spacial score (nSPS) is 12.9. The maximum absolute atomic E-state index is 13.6. The molecule has 1 aromatic carbocycles. The Bertz CT molecular complexity index is 584. The van der Waals surface area contributed by atoms with E-state index < -0.39 is 0 Å². The molecule has 0 radical (unpaired) electrons. The van der Waals surface area contributed by atoms with Crippen molar-refractivity contribution in [1.82, 2.24) is 25.5 Å². The Kier molecular flexibility index (Phi) is 4.82. The molecule has 0 aliphatic rings. The summed E-state index contributed by atoms with van der Waals surface area (Å²) in [4.78, 5) is 0. The van der Waals surface area contributed by atoms with Gasteiger partial charge in [0.15, 0.2) is 5.82 Å². The van der Waals surface area contributed by atoms with Gasteiger partial charge in [-0.05, 0) is 57.9 Å². The quantitative estimate of drug-likeness (QED) is 0.908. The summed E-state index contributed by atoms with van der Waals surface area (Å²) in [6, 6.07) is 4.79. The molecule has 1 heterocycles. The zero-order valence-corrected chi connectivity index (χ0v) is 13.2. The zero-order valence-electron chi connectivity index (χ0n) is 11.6. The van der Waals surface area contributed by atoms with E-state index in [0.29, 0.717) is 21.9 Å². The first kappa shape index (κ1) is 15.1. The Morgan fingerprint density at radius 2 is 2.10 bits per heavy atom. The van der Waals surface area contributed by atoms with E-state index in [-0.39, 0.29) is 11.9 Å². The maximum atomic E-state index is 13.6. The molecule has 0 saturated carbocycles. The molecule has 0 fully saturated rings. The minimum Gasteiger partial charge on any atom is -0.307 e. The molecule has 1 atom stereocenters. The number of halogens is 2. The first-order chi connectivity index (χ1) is 9.49. The Balaban J connectivity index is 2.25. The topological polar surface area (TPSA) is 55.6 Å². The van der Waals surface area contributed by atoms with Gasteiger partial charge < -0.3 is 5.32 Å². The molecule has 0 bridgehead atoms. The highest BCUT2D eigenvalue weighted by Gasteiger charge is 2.16. The zero-order chi connectivity index (χ0) is 14.7. The SMILES string of the molecule is CC(C)CNC(C)c1nnnn1-c1ccc(Br)c(F)c1. The Labute approximate surface area is 125 Å². The summed E-state index contributed by atoms with van der Waals surface area (Å²) in [6.45, 7) is 7.11. The standard InChI is InChI=1S/C13H17BrFN5/c1-8(2)7-16-9(3)13-17-18-19-20(13)10-4-5-11(14)12(15)6-10/h4-6,8-9,16H,7H2,1-3H3. The van der Waals surface area contributed by atoms with E-state index in [1.165, 1.54) is 6.07 Å². The fourth-order valence-electron chi connectivity index (χ4n) is 1.77. The van der Waals surface area contributed by atoms with Crippen LogP contribution in [0.15, 0.2) is 22.7 Å². The van der Waals surface area contributed by atoms with Crippen LogP contribution in [0.3, 0.4) is 0 Å². The van der Waals surface area contributed by atoms with Crippen LogP contribution >= 0.6 is 15.9 Å². The Morgan fingerprint density at radius 3 is 2.75 bits per heavy atom. The van der Waals surface area contributed by atoms with Crippen LogP contribution in [-0.4, -0.2) is 26.8 Å². The lowest BCUT2D eigenvalue weighted by Gasteiger charge is -2.15. The molecule has 1 unspecified atom stereocenters. The van der Waals surface area contributed by atoms with Crippen LogP contribution in [0.5, 0.6) is 0 Å². The summed E-state index contributed by atoms with van der Waals surface area (Å²) < 4.78 is 15.6. The minimum absolute atomic E-state index is 0.0147. The number of nitrogens with one attached hydrogen (secondary N) is 1. The van der Waals surface area contributed by atoms with Crippen molar-refractivity contribution in [2.75, 3.05) is 6.54 Å². The van der Waals surface area contributed by atoms with Gasteiger partial charge in [0.2, 0.25) is 0 Å². The lowest BCUT2D eigenvalue weighted by atomic mass is 10.2. The highest BCUT2D eigenvalue weighted by atomic mass is 79.9. The predicted octanol–water partition coefficient (Wildman–Crippen LogP) is 2.87. The van der Waals surface area contributed by atoms with Crippen LogP contribution < -0.4 is 5.32 Å². The summed E-state index contributed by atoms with van der Waals surface area (Å²) in [5.41, 5.74) is 0.601. The van der Waals surface area contributed by atoms with Gasteiger partial charge in [-0.3, -0.25) is 0 Å². The molecule has 0 spiro atoms. The Hall–Kier alpha value is -1.34. The van der Waals surface area contributed by atoms with Gasteiger partial charge in [-0.25, -0.2) is 4.39 Å². The summed E-state index contributed by atoms with van der Waals surface area (Å²) in [6.07, 6.45) is 0. The lowest BCUT2D eigenvalue weighted by molar-refractivity contribution is 0.474. The van der Waals surface area contributed by atoms with E-state index in [1.54, 1.807) is 16.8 Å². The summed E-state index contributed by atoms with van der Waals surface area (Å²) in [5.74, 6) is 0.853. The van der Waals surface area contributed by atoms with Gasteiger partial charge in [0.1, 0.15) is 5.82 Å². The fraction of sp³-hybridized carbons (Fsp3) is 0.462. The molecule has 1 aromatic heterocycles. The van der Waals surface area contributed by atoms with Crippen LogP contribution in [0.1, 0.15) is 32.6 Å². The number of benzene rings is 1. The van der Waals surface area contributed by atoms with Crippen molar-refractivity contribution in [3.05, 3.63) is 34.3 Å². The third-order valence-electron chi connectivity index (χ3n) is 2.86. The third kappa shape index (κ3) is 3.40. The number of aromatic nitrogens is 4. The molecular weight excluding hydrogens is 325 g/mol. The molecule has 7 heteroatoms. The molecule has 2 rings (SSSR count). The van der Waals surface area contributed by atoms with E-state index in [0.717, 1.165) is 6.54 Å². The highest BCUT2D eigenvalue weighted by Crippen LogP contribution is 2.20. The monoisotopic (exact) mass is 341 g/mol. The number of rotatable bonds is 5. The second kappa shape index (κ2) is 6.41. The molecule has 0 amide bonds. The number of tetrazole rings is 1. The van der Waals surface area contributed by atoms with Crippen molar-refractivity contribution in [2.45, 2.75) is 26.8 Å². The summed E-state index contributed by atoms with van der Waals surface area (Å²) in [7, 11) is 0. The van der Waals surface area contributed by atoms with Gasteiger partial charge in [0, 0.05) is 6.07 Å². The van der Waals surface area contributed by atoms with Gasteiger partial charge in [-0.1, -0.05) is 13.8 Å². The smallest absolute Gasteiger partial charge is 0.173 e. The van der Waals surface area contributed by atoms with E-state index >= 15 is 0 Å². The molecule has 2 aromatic rings. The van der Waals surface area contributed by atoms with Gasteiger partial charge >= 0.3 is 0 Å². The highest BCUT2D eigenvalue weighted by molar-refractivity contribution is 9.10. The van der Waals surface area contributed by atoms with Crippen LogP contribution in [0.2, 0.25) is 0 Å². The van der Waals surface area contributed by atoms with Crippen molar-refractivity contribution in [1.29, 1.82) is 0 Å². The van der Waals surface area contributed by atoms with Crippen LogP contribution in [0.4, 0.5) is 4.39 Å².